The van der Waals surface area contributed by atoms with E-state index >= 15 is 0 Å². The maximum atomic E-state index is 12.9. The summed E-state index contributed by atoms with van der Waals surface area (Å²) in [6, 6.07) is 13.6. The van der Waals surface area contributed by atoms with E-state index in [2.05, 4.69) is 15.7 Å². The average molecular weight is 420 g/mol. The third-order valence-electron chi connectivity index (χ3n) is 4.92. The van der Waals surface area contributed by atoms with Crippen molar-refractivity contribution in [2.75, 3.05) is 24.9 Å². The van der Waals surface area contributed by atoms with Crippen molar-refractivity contribution in [3.05, 3.63) is 77.6 Å². The molecule has 0 fully saturated rings. The molecular weight excluding hydrogens is 400 g/mol. The quantitative estimate of drug-likeness (QED) is 0.561. The number of allylic oxidation sites excluding steroid dienone is 1. The number of ether oxygens (including phenoxy) is 2. The standard InChI is InChI=1S/C22H20N4O5/c1-30-14-9-7-13(8-10-14)24-21(27)16-12-23-26-18(11-17(22(28)29)25-20(16)26)15-5-3-4-6-19(15)31-2/h3-12,18,25H,1-2H3,(H,24,27)(H,28,29). The number of amides is 1. The van der Waals surface area contributed by atoms with Crippen molar-refractivity contribution in [2.45, 2.75) is 6.04 Å². The number of fused-ring (bicyclic) bond motifs is 1. The molecule has 0 spiro atoms. The number of nitrogens with one attached hydrogen (secondary N) is 2. The lowest BCUT2D eigenvalue weighted by atomic mass is 10.0. The molecule has 9 nitrogen and oxygen atoms in total. The largest absolute Gasteiger partial charge is 0.497 e. The van der Waals surface area contributed by atoms with Gasteiger partial charge in [0, 0.05) is 11.3 Å². The number of aliphatic carboxylic acids is 1. The van der Waals surface area contributed by atoms with E-state index in [1.54, 1.807) is 49.2 Å². The van der Waals surface area contributed by atoms with Gasteiger partial charge in [-0.1, -0.05) is 18.2 Å². The Hall–Kier alpha value is -4.27. The molecule has 0 saturated heterocycles. The van der Waals surface area contributed by atoms with Crippen LogP contribution in [0.4, 0.5) is 11.5 Å². The molecule has 158 valence electrons. The first-order valence-corrected chi connectivity index (χ1v) is 9.39. The average Bonchev–Trinajstić information content (AvgIpc) is 3.23. The van der Waals surface area contributed by atoms with Gasteiger partial charge in [0.1, 0.15) is 34.6 Å². The summed E-state index contributed by atoms with van der Waals surface area (Å²) in [6.07, 6.45) is 2.94. The normalized spacial score (nSPS) is 14.6. The summed E-state index contributed by atoms with van der Waals surface area (Å²) in [5, 5.41) is 19.6. The zero-order valence-corrected chi connectivity index (χ0v) is 16.8. The molecule has 0 aliphatic carbocycles. The van der Waals surface area contributed by atoms with Crippen LogP contribution in [-0.2, 0) is 4.79 Å². The number of para-hydroxylation sites is 1. The number of carbonyl (C=O) groups is 2. The van der Waals surface area contributed by atoms with Gasteiger partial charge in [-0.05, 0) is 36.4 Å². The SMILES string of the molecule is COc1ccc(NC(=O)c2cnn3c2NC(C(=O)O)=CC3c2ccccc2OC)cc1. The summed E-state index contributed by atoms with van der Waals surface area (Å²) >= 11 is 0. The number of hydrogen-bond acceptors (Lipinski definition) is 6. The van der Waals surface area contributed by atoms with Crippen molar-refractivity contribution >= 4 is 23.4 Å². The number of benzene rings is 2. The number of anilines is 2. The highest BCUT2D eigenvalue weighted by molar-refractivity contribution is 6.08. The lowest BCUT2D eigenvalue weighted by Crippen LogP contribution is -2.26. The van der Waals surface area contributed by atoms with Gasteiger partial charge in [-0.2, -0.15) is 5.10 Å². The van der Waals surface area contributed by atoms with Gasteiger partial charge < -0.3 is 25.2 Å². The molecule has 0 radical (unpaired) electrons. The number of aromatic nitrogens is 2. The Bertz CT molecular complexity index is 1170. The maximum absolute atomic E-state index is 12.9. The molecule has 3 aromatic rings. The summed E-state index contributed by atoms with van der Waals surface area (Å²) < 4.78 is 12.1. The predicted molar refractivity (Wildman–Crippen MR) is 114 cm³/mol. The van der Waals surface area contributed by atoms with Gasteiger partial charge in [0.15, 0.2) is 0 Å². The van der Waals surface area contributed by atoms with Gasteiger partial charge >= 0.3 is 5.97 Å². The predicted octanol–water partition coefficient (Wildman–Crippen LogP) is 3.14. The van der Waals surface area contributed by atoms with E-state index in [9.17, 15) is 14.7 Å². The molecular formula is C22H20N4O5. The number of methoxy groups -OCH3 is 2. The van der Waals surface area contributed by atoms with Gasteiger partial charge in [-0.25, -0.2) is 9.48 Å². The third kappa shape index (κ3) is 3.80. The molecule has 1 aliphatic heterocycles. The second kappa shape index (κ2) is 8.23. The molecule has 0 saturated carbocycles. The molecule has 1 amide bonds. The summed E-state index contributed by atoms with van der Waals surface area (Å²) in [5.41, 5.74) is 1.44. The van der Waals surface area contributed by atoms with Crippen LogP contribution in [0.5, 0.6) is 11.5 Å². The Morgan fingerprint density at radius 1 is 1.10 bits per heavy atom. The highest BCUT2D eigenvalue weighted by atomic mass is 16.5. The van der Waals surface area contributed by atoms with Crippen LogP contribution in [-0.4, -0.2) is 41.0 Å². The summed E-state index contributed by atoms with van der Waals surface area (Å²) in [4.78, 5) is 24.7. The smallest absolute Gasteiger partial charge is 0.352 e. The van der Waals surface area contributed by atoms with Gasteiger partial charge in [0.05, 0.1) is 20.4 Å². The van der Waals surface area contributed by atoms with Crippen LogP contribution in [0.2, 0.25) is 0 Å². The van der Waals surface area contributed by atoms with E-state index in [1.165, 1.54) is 12.3 Å². The molecule has 1 aliphatic rings. The summed E-state index contributed by atoms with van der Waals surface area (Å²) in [7, 11) is 3.10. The van der Waals surface area contributed by atoms with E-state index in [0.29, 0.717) is 17.2 Å². The first-order chi connectivity index (χ1) is 15.0. The Labute approximate surface area is 177 Å². The number of carbonyl (C=O) groups excluding carboxylic acids is 1. The minimum absolute atomic E-state index is 0.0533. The Kier molecular flexibility index (Phi) is 5.31. The lowest BCUT2D eigenvalue weighted by Gasteiger charge is -2.25. The summed E-state index contributed by atoms with van der Waals surface area (Å²) in [6.45, 7) is 0. The molecule has 9 heteroatoms. The van der Waals surface area contributed by atoms with Crippen LogP contribution in [0, 0.1) is 0 Å². The number of carboxylic acid groups (broad SMARTS) is 1. The number of hydrogen-bond donors (Lipinski definition) is 3. The van der Waals surface area contributed by atoms with Crippen LogP contribution >= 0.6 is 0 Å². The van der Waals surface area contributed by atoms with Crippen molar-refractivity contribution < 1.29 is 24.2 Å². The fraction of sp³-hybridized carbons (Fsp3) is 0.136. The first-order valence-electron chi connectivity index (χ1n) is 9.39. The maximum Gasteiger partial charge on any atom is 0.352 e. The van der Waals surface area contributed by atoms with Crippen LogP contribution in [0.25, 0.3) is 0 Å². The van der Waals surface area contributed by atoms with Crippen molar-refractivity contribution in [3.8, 4) is 11.5 Å². The summed E-state index contributed by atoms with van der Waals surface area (Å²) in [5.74, 6) is -0.0421. The number of carboxylic acids is 1. The van der Waals surface area contributed by atoms with Crippen molar-refractivity contribution in [2.24, 2.45) is 0 Å². The van der Waals surface area contributed by atoms with Crippen molar-refractivity contribution in [3.63, 3.8) is 0 Å². The highest BCUT2D eigenvalue weighted by Gasteiger charge is 2.30. The zero-order chi connectivity index (χ0) is 22.0. The molecule has 1 aromatic heterocycles. The molecule has 4 rings (SSSR count). The molecule has 2 aromatic carbocycles. The molecule has 3 N–H and O–H groups in total. The molecule has 0 bridgehead atoms. The van der Waals surface area contributed by atoms with Gasteiger partial charge in [0.25, 0.3) is 5.91 Å². The Morgan fingerprint density at radius 3 is 2.52 bits per heavy atom. The molecule has 1 unspecified atom stereocenters. The van der Waals surface area contributed by atoms with E-state index in [0.717, 1.165) is 5.56 Å². The monoisotopic (exact) mass is 420 g/mol. The second-order valence-electron chi connectivity index (χ2n) is 6.73. The van der Waals surface area contributed by atoms with E-state index in [-0.39, 0.29) is 17.1 Å². The Balaban J connectivity index is 1.71. The zero-order valence-electron chi connectivity index (χ0n) is 16.8. The topological polar surface area (TPSA) is 115 Å². The van der Waals surface area contributed by atoms with Crippen molar-refractivity contribution in [1.29, 1.82) is 0 Å². The number of rotatable bonds is 6. The number of nitrogens with zero attached hydrogens (tertiary/aromatic N) is 2. The minimum Gasteiger partial charge on any atom is -0.497 e. The van der Waals surface area contributed by atoms with E-state index in [1.807, 2.05) is 18.2 Å². The van der Waals surface area contributed by atoms with Gasteiger partial charge in [0.2, 0.25) is 0 Å². The van der Waals surface area contributed by atoms with Crippen molar-refractivity contribution in [1.82, 2.24) is 9.78 Å². The van der Waals surface area contributed by atoms with Gasteiger partial charge in [-0.15, -0.1) is 0 Å². The fourth-order valence-corrected chi connectivity index (χ4v) is 3.39. The van der Waals surface area contributed by atoms with Gasteiger partial charge in [-0.3, -0.25) is 4.79 Å². The van der Waals surface area contributed by atoms with E-state index in [4.69, 9.17) is 9.47 Å². The molecule has 31 heavy (non-hydrogen) atoms. The van der Waals surface area contributed by atoms with Crippen LogP contribution in [0.15, 0.2) is 66.5 Å². The van der Waals surface area contributed by atoms with E-state index < -0.39 is 17.9 Å². The van der Waals surface area contributed by atoms with Crippen LogP contribution < -0.4 is 20.1 Å². The third-order valence-corrected chi connectivity index (χ3v) is 4.92. The molecule has 1 atom stereocenters. The molecule has 2 heterocycles. The fourth-order valence-electron chi connectivity index (χ4n) is 3.39. The second-order valence-corrected chi connectivity index (χ2v) is 6.73. The first kappa shape index (κ1) is 20.0. The van der Waals surface area contributed by atoms with Crippen LogP contribution in [0.3, 0.4) is 0 Å². The highest BCUT2D eigenvalue weighted by Crippen LogP contribution is 2.36. The lowest BCUT2D eigenvalue weighted by molar-refractivity contribution is -0.132. The minimum atomic E-state index is -1.14. The Morgan fingerprint density at radius 2 is 1.84 bits per heavy atom. The van der Waals surface area contributed by atoms with Crippen LogP contribution in [0.1, 0.15) is 22.0 Å².